The Balaban J connectivity index is 2.00. The predicted molar refractivity (Wildman–Crippen MR) is 78.9 cm³/mol. The van der Waals surface area contributed by atoms with Gasteiger partial charge in [0.2, 0.25) is 0 Å². The van der Waals surface area contributed by atoms with Crippen LogP contribution < -0.4 is 4.74 Å². The van der Waals surface area contributed by atoms with Gasteiger partial charge >= 0.3 is 0 Å². The maximum absolute atomic E-state index is 5.74. The monoisotopic (exact) mass is 258 g/mol. The highest BCUT2D eigenvalue weighted by Gasteiger charge is 2.16. The average Bonchev–Trinajstić information content (AvgIpc) is 2.82. The fraction of sp³-hybridized carbons (Fsp3) is 0.500. The first-order chi connectivity index (χ1) is 9.16. The zero-order valence-corrected chi connectivity index (χ0v) is 12.0. The van der Waals surface area contributed by atoms with Crippen LogP contribution in [0.4, 0.5) is 0 Å². The molecule has 0 spiro atoms. The van der Waals surface area contributed by atoms with Gasteiger partial charge in [0.05, 0.1) is 6.61 Å². The Hall–Kier alpha value is -1.48. The molecule has 1 atom stereocenters. The summed E-state index contributed by atoms with van der Waals surface area (Å²) >= 11 is 0. The summed E-state index contributed by atoms with van der Waals surface area (Å²) in [4.78, 5) is 2.26. The van der Waals surface area contributed by atoms with E-state index in [0.717, 1.165) is 31.7 Å². The van der Waals surface area contributed by atoms with Gasteiger partial charge in [-0.15, -0.1) is 0 Å². The maximum atomic E-state index is 5.74. The fourth-order valence-electron chi connectivity index (χ4n) is 2.74. The molecule has 0 N–H and O–H groups in total. The normalized spacial score (nSPS) is 16.4. The van der Waals surface area contributed by atoms with Crippen LogP contribution in [0.15, 0.2) is 24.4 Å². The van der Waals surface area contributed by atoms with Gasteiger partial charge in [0.1, 0.15) is 5.75 Å². The minimum absolute atomic E-state index is 0.530. The van der Waals surface area contributed by atoms with E-state index in [2.05, 4.69) is 54.9 Å². The van der Waals surface area contributed by atoms with E-state index >= 15 is 0 Å². The molecule has 1 aliphatic heterocycles. The van der Waals surface area contributed by atoms with Crippen LogP contribution in [-0.4, -0.2) is 36.2 Å². The van der Waals surface area contributed by atoms with Crippen LogP contribution in [0.25, 0.3) is 10.9 Å². The van der Waals surface area contributed by atoms with Crippen LogP contribution in [0, 0.1) is 0 Å². The Morgan fingerprint density at radius 3 is 2.95 bits per heavy atom. The predicted octanol–water partition coefficient (Wildman–Crippen LogP) is 2.92. The van der Waals surface area contributed by atoms with Crippen molar-refractivity contribution in [3.63, 3.8) is 0 Å². The zero-order valence-electron chi connectivity index (χ0n) is 12.0. The average molecular weight is 258 g/mol. The third-order valence-corrected chi connectivity index (χ3v) is 4.19. The summed E-state index contributed by atoms with van der Waals surface area (Å²) in [5.41, 5.74) is 2.72. The molecule has 1 aromatic heterocycles. The highest BCUT2D eigenvalue weighted by molar-refractivity contribution is 5.86. The number of nitrogens with zero attached hydrogens (tertiary/aromatic N) is 2. The van der Waals surface area contributed by atoms with Crippen molar-refractivity contribution < 1.29 is 4.74 Å². The summed E-state index contributed by atoms with van der Waals surface area (Å²) in [7, 11) is 4.26. The van der Waals surface area contributed by atoms with E-state index in [9.17, 15) is 0 Å². The van der Waals surface area contributed by atoms with Crippen molar-refractivity contribution in [2.24, 2.45) is 0 Å². The summed E-state index contributed by atoms with van der Waals surface area (Å²) in [5.74, 6) is 1.08. The molecule has 2 heterocycles. The Labute approximate surface area is 114 Å². The Kier molecular flexibility index (Phi) is 3.23. The molecular weight excluding hydrogens is 236 g/mol. The number of fused-ring (bicyclic) bond motifs is 3. The van der Waals surface area contributed by atoms with E-state index in [1.807, 2.05) is 0 Å². The van der Waals surface area contributed by atoms with Crippen molar-refractivity contribution >= 4 is 10.9 Å². The first-order valence-corrected chi connectivity index (χ1v) is 7.07. The summed E-state index contributed by atoms with van der Waals surface area (Å²) in [6.45, 7) is 4.14. The van der Waals surface area contributed by atoms with Gasteiger partial charge in [0.15, 0.2) is 0 Å². The minimum atomic E-state index is 0.530. The van der Waals surface area contributed by atoms with E-state index in [1.54, 1.807) is 0 Å². The molecule has 1 aliphatic rings. The van der Waals surface area contributed by atoms with Crippen LogP contribution in [-0.2, 0) is 13.0 Å². The van der Waals surface area contributed by atoms with Crippen LogP contribution in [0.5, 0.6) is 5.75 Å². The van der Waals surface area contributed by atoms with Crippen molar-refractivity contribution in [2.45, 2.75) is 32.4 Å². The van der Waals surface area contributed by atoms with Gasteiger partial charge in [-0.25, -0.2) is 0 Å². The van der Waals surface area contributed by atoms with E-state index in [-0.39, 0.29) is 0 Å². The van der Waals surface area contributed by atoms with Crippen molar-refractivity contribution in [3.8, 4) is 5.75 Å². The first kappa shape index (κ1) is 12.5. The molecule has 0 unspecified atom stereocenters. The van der Waals surface area contributed by atoms with Crippen LogP contribution in [0.1, 0.15) is 18.9 Å². The lowest BCUT2D eigenvalue weighted by Gasteiger charge is -2.21. The Bertz CT molecular complexity index is 586. The van der Waals surface area contributed by atoms with Gasteiger partial charge in [-0.1, -0.05) is 0 Å². The van der Waals surface area contributed by atoms with Crippen molar-refractivity contribution in [2.75, 3.05) is 20.7 Å². The van der Waals surface area contributed by atoms with Gasteiger partial charge in [-0.05, 0) is 52.1 Å². The molecule has 0 radical (unpaired) electrons. The Morgan fingerprint density at radius 2 is 2.16 bits per heavy atom. The second kappa shape index (κ2) is 4.89. The molecule has 102 valence electrons. The standard InChI is InChI=1S/C16H22N2O/c1-12(17(2)3)11-18-9-8-13-14-5-4-10-19-16(14)7-6-15(13)18/h6-9,12H,4-5,10-11H2,1-3H3/t12-/m1/s1. The van der Waals surface area contributed by atoms with Gasteiger partial charge in [0.25, 0.3) is 0 Å². The fourth-order valence-corrected chi connectivity index (χ4v) is 2.74. The molecule has 3 rings (SSSR count). The van der Waals surface area contributed by atoms with Crippen LogP contribution in [0.3, 0.4) is 0 Å². The summed E-state index contributed by atoms with van der Waals surface area (Å²) in [5, 5.41) is 1.36. The highest BCUT2D eigenvalue weighted by Crippen LogP contribution is 2.32. The van der Waals surface area contributed by atoms with E-state index in [0.29, 0.717) is 6.04 Å². The quantitative estimate of drug-likeness (QED) is 0.842. The van der Waals surface area contributed by atoms with E-state index in [4.69, 9.17) is 4.74 Å². The molecule has 0 saturated carbocycles. The van der Waals surface area contributed by atoms with Crippen molar-refractivity contribution in [3.05, 3.63) is 30.0 Å². The highest BCUT2D eigenvalue weighted by atomic mass is 16.5. The topological polar surface area (TPSA) is 17.4 Å². The number of rotatable bonds is 3. The number of likely N-dealkylation sites (N-methyl/N-ethyl adjacent to an activating group) is 1. The molecule has 19 heavy (non-hydrogen) atoms. The number of aromatic nitrogens is 1. The lowest BCUT2D eigenvalue weighted by atomic mass is 10.0. The van der Waals surface area contributed by atoms with Gasteiger partial charge in [0, 0.05) is 35.2 Å². The third kappa shape index (κ3) is 2.23. The smallest absolute Gasteiger partial charge is 0.123 e. The number of hydrogen-bond acceptors (Lipinski definition) is 2. The molecule has 2 aromatic rings. The number of aryl methyl sites for hydroxylation is 1. The van der Waals surface area contributed by atoms with Crippen LogP contribution >= 0.6 is 0 Å². The molecule has 3 nitrogen and oxygen atoms in total. The number of ether oxygens (including phenoxy) is 1. The van der Waals surface area contributed by atoms with Gasteiger partial charge < -0.3 is 14.2 Å². The molecule has 0 aliphatic carbocycles. The van der Waals surface area contributed by atoms with E-state index < -0.39 is 0 Å². The molecule has 1 aromatic carbocycles. The second-order valence-electron chi connectivity index (χ2n) is 5.71. The number of hydrogen-bond donors (Lipinski definition) is 0. The zero-order chi connectivity index (χ0) is 13.4. The third-order valence-electron chi connectivity index (χ3n) is 4.19. The molecule has 0 fully saturated rings. The molecule has 3 heteroatoms. The maximum Gasteiger partial charge on any atom is 0.123 e. The van der Waals surface area contributed by atoms with Gasteiger partial charge in [-0.3, -0.25) is 0 Å². The Morgan fingerprint density at radius 1 is 1.32 bits per heavy atom. The summed E-state index contributed by atoms with van der Waals surface area (Å²) < 4.78 is 8.10. The lowest BCUT2D eigenvalue weighted by molar-refractivity contribution is 0.286. The number of benzene rings is 1. The lowest BCUT2D eigenvalue weighted by Crippen LogP contribution is -2.28. The largest absolute Gasteiger partial charge is 0.493 e. The molecule has 0 saturated heterocycles. The van der Waals surface area contributed by atoms with Crippen LogP contribution in [0.2, 0.25) is 0 Å². The van der Waals surface area contributed by atoms with Crippen molar-refractivity contribution in [1.82, 2.24) is 9.47 Å². The summed E-state index contributed by atoms with van der Waals surface area (Å²) in [6.07, 6.45) is 4.48. The van der Waals surface area contributed by atoms with Gasteiger partial charge in [-0.2, -0.15) is 0 Å². The molecule has 0 bridgehead atoms. The first-order valence-electron chi connectivity index (χ1n) is 7.07. The van der Waals surface area contributed by atoms with Crippen molar-refractivity contribution in [1.29, 1.82) is 0 Å². The minimum Gasteiger partial charge on any atom is -0.493 e. The molecular formula is C16H22N2O. The summed E-state index contributed by atoms with van der Waals surface area (Å²) in [6, 6.07) is 7.10. The molecule has 0 amide bonds. The second-order valence-corrected chi connectivity index (χ2v) is 5.71. The SMILES string of the molecule is C[C@H](Cn1ccc2c3c(ccc21)OCCC3)N(C)C. The van der Waals surface area contributed by atoms with E-state index in [1.165, 1.54) is 16.5 Å².